The van der Waals surface area contributed by atoms with E-state index >= 15 is 0 Å². The Bertz CT molecular complexity index is 422. The Hall–Kier alpha value is -1.81. The second-order valence-electron chi connectivity index (χ2n) is 3.81. The summed E-state index contributed by atoms with van der Waals surface area (Å²) in [6.45, 7) is 3.03. The van der Waals surface area contributed by atoms with Crippen LogP contribution >= 0.6 is 0 Å². The highest BCUT2D eigenvalue weighted by Crippen LogP contribution is 2.14. The van der Waals surface area contributed by atoms with Crippen LogP contribution in [-0.2, 0) is 0 Å². The number of hydrogen-bond acceptors (Lipinski definition) is 3. The first-order chi connectivity index (χ1) is 8.40. The van der Waals surface area contributed by atoms with Crippen molar-refractivity contribution in [3.05, 3.63) is 43.0 Å². The number of imidazole rings is 1. The van der Waals surface area contributed by atoms with Crippen molar-refractivity contribution in [1.82, 2.24) is 15.0 Å². The third kappa shape index (κ3) is 3.32. The Morgan fingerprint density at radius 1 is 1.29 bits per heavy atom. The van der Waals surface area contributed by atoms with E-state index in [-0.39, 0.29) is 0 Å². The van der Waals surface area contributed by atoms with E-state index in [1.165, 1.54) is 0 Å². The van der Waals surface area contributed by atoms with Gasteiger partial charge >= 0.3 is 0 Å². The predicted molar refractivity (Wildman–Crippen MR) is 67.1 cm³/mol. The van der Waals surface area contributed by atoms with E-state index in [0.29, 0.717) is 0 Å². The largest absolute Gasteiger partial charge is 0.409 e. The van der Waals surface area contributed by atoms with E-state index in [1.54, 1.807) is 12.5 Å². The number of nitrogens with zero attached hydrogens (tertiary/aromatic N) is 2. The topological polar surface area (TPSA) is 39.1 Å². The molecule has 0 atom stereocenters. The van der Waals surface area contributed by atoms with E-state index in [0.717, 1.165) is 30.8 Å². The van der Waals surface area contributed by atoms with Gasteiger partial charge in [-0.3, -0.25) is 0 Å². The average molecular weight is 231 g/mol. The minimum absolute atomic E-state index is 0.824. The molecule has 4 heteroatoms. The van der Waals surface area contributed by atoms with E-state index < -0.39 is 0 Å². The van der Waals surface area contributed by atoms with Crippen LogP contribution in [0.1, 0.15) is 19.8 Å². The normalized spacial score (nSPS) is 10.4. The van der Waals surface area contributed by atoms with Crippen LogP contribution < -0.4 is 10.3 Å². The summed E-state index contributed by atoms with van der Waals surface area (Å²) in [4.78, 5) is 9.42. The number of hydroxylamine groups is 1. The van der Waals surface area contributed by atoms with Crippen LogP contribution in [0.5, 0.6) is 5.75 Å². The number of benzene rings is 1. The van der Waals surface area contributed by atoms with Crippen molar-refractivity contribution in [2.75, 3.05) is 6.54 Å². The quantitative estimate of drug-likeness (QED) is 0.613. The SMILES string of the molecule is CCCCNOc1ccc(-n2ccnc2)cc1. The molecule has 0 aliphatic heterocycles. The van der Waals surface area contributed by atoms with Gasteiger partial charge in [0.15, 0.2) is 0 Å². The zero-order valence-corrected chi connectivity index (χ0v) is 9.97. The van der Waals surface area contributed by atoms with Gasteiger partial charge in [0.25, 0.3) is 0 Å². The summed E-state index contributed by atoms with van der Waals surface area (Å²) in [6, 6.07) is 7.87. The zero-order chi connectivity index (χ0) is 11.9. The van der Waals surface area contributed by atoms with Gasteiger partial charge in [0.1, 0.15) is 5.75 Å². The Morgan fingerprint density at radius 3 is 2.76 bits per heavy atom. The van der Waals surface area contributed by atoms with Crippen molar-refractivity contribution < 1.29 is 4.84 Å². The van der Waals surface area contributed by atoms with Gasteiger partial charge in [0.2, 0.25) is 0 Å². The van der Waals surface area contributed by atoms with Crippen LogP contribution in [0.4, 0.5) is 0 Å². The molecule has 0 fully saturated rings. The average Bonchev–Trinajstić information content (AvgIpc) is 2.89. The molecule has 0 spiro atoms. The second kappa shape index (κ2) is 6.06. The monoisotopic (exact) mass is 231 g/mol. The zero-order valence-electron chi connectivity index (χ0n) is 9.97. The van der Waals surface area contributed by atoms with Crippen molar-refractivity contribution in [1.29, 1.82) is 0 Å². The number of rotatable bonds is 6. The van der Waals surface area contributed by atoms with Gasteiger partial charge in [-0.25, -0.2) is 4.98 Å². The lowest BCUT2D eigenvalue weighted by atomic mass is 10.3. The van der Waals surface area contributed by atoms with Crippen molar-refractivity contribution >= 4 is 0 Å². The molecule has 1 aromatic heterocycles. The van der Waals surface area contributed by atoms with Gasteiger partial charge in [-0.1, -0.05) is 13.3 Å². The number of aromatic nitrogens is 2. The van der Waals surface area contributed by atoms with Crippen LogP contribution in [0, 0.1) is 0 Å². The summed E-state index contributed by atoms with van der Waals surface area (Å²) in [5.41, 5.74) is 4.01. The maximum Gasteiger partial charge on any atom is 0.147 e. The molecule has 1 aromatic carbocycles. The fraction of sp³-hybridized carbons (Fsp3) is 0.308. The van der Waals surface area contributed by atoms with Crippen molar-refractivity contribution in [2.45, 2.75) is 19.8 Å². The van der Waals surface area contributed by atoms with Crippen LogP contribution in [0.15, 0.2) is 43.0 Å². The second-order valence-corrected chi connectivity index (χ2v) is 3.81. The molecule has 2 aromatic rings. The van der Waals surface area contributed by atoms with Gasteiger partial charge in [-0.2, -0.15) is 5.48 Å². The fourth-order valence-electron chi connectivity index (χ4n) is 1.48. The maximum absolute atomic E-state index is 5.41. The van der Waals surface area contributed by atoms with E-state index in [1.807, 2.05) is 35.0 Å². The lowest BCUT2D eigenvalue weighted by molar-refractivity contribution is 0.194. The van der Waals surface area contributed by atoms with Gasteiger partial charge in [0, 0.05) is 24.6 Å². The third-order valence-electron chi connectivity index (χ3n) is 2.46. The first kappa shape index (κ1) is 11.7. The van der Waals surface area contributed by atoms with E-state index in [4.69, 9.17) is 4.84 Å². The first-order valence-electron chi connectivity index (χ1n) is 5.88. The summed E-state index contributed by atoms with van der Waals surface area (Å²) in [6.07, 6.45) is 7.73. The van der Waals surface area contributed by atoms with Gasteiger partial charge in [-0.05, 0) is 30.7 Å². The Labute approximate surface area is 101 Å². The van der Waals surface area contributed by atoms with E-state index in [9.17, 15) is 0 Å². The highest BCUT2D eigenvalue weighted by atomic mass is 16.6. The lowest BCUT2D eigenvalue weighted by Crippen LogP contribution is -2.19. The first-order valence-corrected chi connectivity index (χ1v) is 5.88. The minimum Gasteiger partial charge on any atom is -0.409 e. The van der Waals surface area contributed by atoms with E-state index in [2.05, 4.69) is 17.4 Å². The summed E-state index contributed by atoms with van der Waals surface area (Å²) in [7, 11) is 0. The lowest BCUT2D eigenvalue weighted by Gasteiger charge is -2.07. The fourth-order valence-corrected chi connectivity index (χ4v) is 1.48. The smallest absolute Gasteiger partial charge is 0.147 e. The molecule has 1 N–H and O–H groups in total. The highest BCUT2D eigenvalue weighted by molar-refractivity contribution is 5.37. The number of nitrogens with one attached hydrogen (secondary N) is 1. The van der Waals surface area contributed by atoms with Crippen LogP contribution in [-0.4, -0.2) is 16.1 Å². The molecule has 0 aliphatic rings. The van der Waals surface area contributed by atoms with Crippen LogP contribution in [0.25, 0.3) is 5.69 Å². The van der Waals surface area contributed by atoms with Gasteiger partial charge < -0.3 is 9.40 Å². The molecule has 0 aliphatic carbocycles. The molecular formula is C13H17N3O. The molecule has 0 saturated carbocycles. The molecule has 17 heavy (non-hydrogen) atoms. The number of hydrogen-bond donors (Lipinski definition) is 1. The molecule has 4 nitrogen and oxygen atoms in total. The molecule has 0 bridgehead atoms. The van der Waals surface area contributed by atoms with Crippen molar-refractivity contribution in [2.24, 2.45) is 0 Å². The minimum atomic E-state index is 0.824. The molecule has 1 heterocycles. The standard InChI is InChI=1S/C13H17N3O/c1-2-3-8-15-17-13-6-4-12(5-7-13)16-10-9-14-11-16/h4-7,9-11,15H,2-3,8H2,1H3. The Morgan fingerprint density at radius 2 is 2.12 bits per heavy atom. The molecule has 0 saturated heterocycles. The van der Waals surface area contributed by atoms with Crippen LogP contribution in [0.2, 0.25) is 0 Å². The van der Waals surface area contributed by atoms with Crippen molar-refractivity contribution in [3.63, 3.8) is 0 Å². The molecular weight excluding hydrogens is 214 g/mol. The van der Waals surface area contributed by atoms with Gasteiger partial charge in [0.05, 0.1) is 6.33 Å². The Kier molecular flexibility index (Phi) is 4.16. The Balaban J connectivity index is 1.90. The molecule has 2 rings (SSSR count). The molecule has 0 amide bonds. The summed E-state index contributed by atoms with van der Waals surface area (Å²) >= 11 is 0. The number of unbranched alkanes of at least 4 members (excludes halogenated alkanes) is 1. The van der Waals surface area contributed by atoms with Crippen LogP contribution in [0.3, 0.4) is 0 Å². The third-order valence-corrected chi connectivity index (χ3v) is 2.46. The summed E-state index contributed by atoms with van der Waals surface area (Å²) in [5.74, 6) is 0.824. The van der Waals surface area contributed by atoms with Gasteiger partial charge in [-0.15, -0.1) is 0 Å². The maximum atomic E-state index is 5.41. The molecule has 90 valence electrons. The van der Waals surface area contributed by atoms with Crippen molar-refractivity contribution in [3.8, 4) is 11.4 Å². The predicted octanol–water partition coefficient (Wildman–Crippen LogP) is 2.56. The summed E-state index contributed by atoms with van der Waals surface area (Å²) < 4.78 is 1.95. The molecule has 0 unspecified atom stereocenters. The highest BCUT2D eigenvalue weighted by Gasteiger charge is 1.97. The summed E-state index contributed by atoms with van der Waals surface area (Å²) in [5, 5.41) is 0. The molecule has 0 radical (unpaired) electrons.